The summed E-state index contributed by atoms with van der Waals surface area (Å²) in [6.45, 7) is 5.87. The Bertz CT molecular complexity index is 729. The minimum absolute atomic E-state index is 0.0961. The normalized spacial score (nSPS) is 17.0. The van der Waals surface area contributed by atoms with E-state index in [9.17, 15) is 9.18 Å². The second kappa shape index (κ2) is 8.43. The number of para-hydroxylation sites is 1. The van der Waals surface area contributed by atoms with Crippen molar-refractivity contribution in [2.24, 2.45) is 0 Å². The van der Waals surface area contributed by atoms with E-state index in [4.69, 9.17) is 0 Å². The van der Waals surface area contributed by atoms with E-state index in [1.54, 1.807) is 11.0 Å². The first-order chi connectivity index (χ1) is 12.6. The van der Waals surface area contributed by atoms with Gasteiger partial charge in [-0.3, -0.25) is 14.6 Å². The number of benzene rings is 2. The van der Waals surface area contributed by atoms with Crippen molar-refractivity contribution in [2.45, 2.75) is 19.5 Å². The van der Waals surface area contributed by atoms with Crippen LogP contribution < -0.4 is 4.90 Å². The summed E-state index contributed by atoms with van der Waals surface area (Å²) in [5.74, 6) is -0.0540. The first kappa shape index (κ1) is 18.5. The zero-order chi connectivity index (χ0) is 18.5. The van der Waals surface area contributed by atoms with Crippen LogP contribution in [0.3, 0.4) is 0 Å². The fourth-order valence-corrected chi connectivity index (χ4v) is 3.39. The smallest absolute Gasteiger partial charge is 0.243 e. The van der Waals surface area contributed by atoms with E-state index < -0.39 is 0 Å². The maximum Gasteiger partial charge on any atom is 0.243 e. The molecule has 0 bridgehead atoms. The number of hydrogen-bond acceptors (Lipinski definition) is 3. The zero-order valence-electron chi connectivity index (χ0n) is 15.4. The predicted molar refractivity (Wildman–Crippen MR) is 103 cm³/mol. The molecule has 1 heterocycles. The number of piperazine rings is 1. The lowest BCUT2D eigenvalue weighted by atomic mass is 10.1. The van der Waals surface area contributed by atoms with Crippen LogP contribution in [0, 0.1) is 5.82 Å². The van der Waals surface area contributed by atoms with E-state index >= 15 is 0 Å². The Kier molecular flexibility index (Phi) is 6.01. The van der Waals surface area contributed by atoms with Gasteiger partial charge in [-0.2, -0.15) is 0 Å². The third kappa shape index (κ3) is 4.29. The minimum atomic E-state index is -0.171. The van der Waals surface area contributed by atoms with Crippen molar-refractivity contribution < 1.29 is 9.18 Å². The number of likely N-dealkylation sites (N-methyl/N-ethyl adjacent to an activating group) is 1. The SMILES string of the molecule is CC(C(=O)N(C)c1ccccc1)N1CCN(Cc2ccccc2F)CC1. The third-order valence-electron chi connectivity index (χ3n) is 5.14. The van der Waals surface area contributed by atoms with Crippen LogP contribution in [0.1, 0.15) is 12.5 Å². The van der Waals surface area contributed by atoms with Gasteiger partial charge in [-0.1, -0.05) is 36.4 Å². The summed E-state index contributed by atoms with van der Waals surface area (Å²) in [7, 11) is 1.82. The number of carbonyl (C=O) groups excluding carboxylic acids is 1. The Morgan fingerprint density at radius 3 is 2.31 bits per heavy atom. The standard InChI is InChI=1S/C21H26FN3O/c1-17(21(26)23(2)19-9-4-3-5-10-19)25-14-12-24(13-15-25)16-18-8-6-7-11-20(18)22/h3-11,17H,12-16H2,1-2H3. The Morgan fingerprint density at radius 1 is 1.04 bits per heavy atom. The highest BCUT2D eigenvalue weighted by Gasteiger charge is 2.28. The van der Waals surface area contributed by atoms with Crippen LogP contribution in [0.5, 0.6) is 0 Å². The fraction of sp³-hybridized carbons (Fsp3) is 0.381. The molecule has 3 rings (SSSR count). The number of hydrogen-bond donors (Lipinski definition) is 0. The first-order valence-electron chi connectivity index (χ1n) is 9.08. The number of rotatable bonds is 5. The number of amides is 1. The molecular formula is C21H26FN3O. The van der Waals surface area contributed by atoms with Crippen LogP contribution in [-0.2, 0) is 11.3 Å². The van der Waals surface area contributed by atoms with Crippen LogP contribution in [0.4, 0.5) is 10.1 Å². The molecule has 0 aliphatic carbocycles. The molecule has 0 radical (unpaired) electrons. The minimum Gasteiger partial charge on any atom is -0.314 e. The molecule has 0 saturated carbocycles. The van der Waals surface area contributed by atoms with Gasteiger partial charge in [0.15, 0.2) is 0 Å². The average Bonchev–Trinajstić information content (AvgIpc) is 2.69. The van der Waals surface area contributed by atoms with E-state index in [-0.39, 0.29) is 17.8 Å². The Morgan fingerprint density at radius 2 is 1.65 bits per heavy atom. The molecule has 1 aliphatic heterocycles. The van der Waals surface area contributed by atoms with Crippen LogP contribution in [0.25, 0.3) is 0 Å². The van der Waals surface area contributed by atoms with Gasteiger partial charge in [-0.25, -0.2) is 4.39 Å². The van der Waals surface area contributed by atoms with Gasteiger partial charge in [0.25, 0.3) is 0 Å². The summed E-state index contributed by atoms with van der Waals surface area (Å²) in [6.07, 6.45) is 0. The summed E-state index contributed by atoms with van der Waals surface area (Å²) in [5, 5.41) is 0. The molecule has 1 fully saturated rings. The van der Waals surface area contributed by atoms with E-state index in [1.165, 1.54) is 6.07 Å². The van der Waals surface area contributed by atoms with Gasteiger partial charge in [0.2, 0.25) is 5.91 Å². The Balaban J connectivity index is 1.54. The lowest BCUT2D eigenvalue weighted by Gasteiger charge is -2.38. The molecule has 26 heavy (non-hydrogen) atoms. The molecule has 1 amide bonds. The highest BCUT2D eigenvalue weighted by Crippen LogP contribution is 2.17. The van der Waals surface area contributed by atoms with Gasteiger partial charge in [0, 0.05) is 51.0 Å². The fourth-order valence-electron chi connectivity index (χ4n) is 3.39. The lowest BCUT2D eigenvalue weighted by molar-refractivity contribution is -0.123. The summed E-state index contributed by atoms with van der Waals surface area (Å²) < 4.78 is 13.8. The van der Waals surface area contributed by atoms with Gasteiger partial charge in [-0.15, -0.1) is 0 Å². The quantitative estimate of drug-likeness (QED) is 0.825. The van der Waals surface area contributed by atoms with Crippen molar-refractivity contribution in [3.05, 3.63) is 66.0 Å². The van der Waals surface area contributed by atoms with Gasteiger partial charge < -0.3 is 4.90 Å². The highest BCUT2D eigenvalue weighted by molar-refractivity contribution is 5.96. The molecule has 0 aromatic heterocycles. The first-order valence-corrected chi connectivity index (χ1v) is 9.08. The molecule has 0 N–H and O–H groups in total. The summed E-state index contributed by atoms with van der Waals surface area (Å²) >= 11 is 0. The molecule has 2 aromatic rings. The molecule has 2 aromatic carbocycles. The van der Waals surface area contributed by atoms with E-state index in [2.05, 4.69) is 9.80 Å². The molecule has 1 aliphatic rings. The number of anilines is 1. The molecular weight excluding hydrogens is 329 g/mol. The van der Waals surface area contributed by atoms with Crippen molar-refractivity contribution in [3.8, 4) is 0 Å². The average molecular weight is 355 g/mol. The maximum atomic E-state index is 13.8. The molecule has 1 atom stereocenters. The Labute approximate surface area is 154 Å². The summed E-state index contributed by atoms with van der Waals surface area (Å²) in [4.78, 5) is 19.0. The van der Waals surface area contributed by atoms with Crippen molar-refractivity contribution in [3.63, 3.8) is 0 Å². The molecule has 138 valence electrons. The second-order valence-electron chi connectivity index (χ2n) is 6.81. The van der Waals surface area contributed by atoms with Crippen molar-refractivity contribution in [1.29, 1.82) is 0 Å². The summed E-state index contributed by atoms with van der Waals surface area (Å²) in [6, 6.07) is 16.5. The molecule has 0 spiro atoms. The summed E-state index contributed by atoms with van der Waals surface area (Å²) in [5.41, 5.74) is 1.64. The number of carbonyl (C=O) groups is 1. The molecule has 1 saturated heterocycles. The van der Waals surface area contributed by atoms with Crippen molar-refractivity contribution >= 4 is 11.6 Å². The number of halogens is 1. The van der Waals surface area contributed by atoms with Crippen LogP contribution >= 0.6 is 0 Å². The lowest BCUT2D eigenvalue weighted by Crippen LogP contribution is -2.54. The van der Waals surface area contributed by atoms with Gasteiger partial charge >= 0.3 is 0 Å². The van der Waals surface area contributed by atoms with Crippen molar-refractivity contribution in [2.75, 3.05) is 38.1 Å². The third-order valence-corrected chi connectivity index (χ3v) is 5.14. The largest absolute Gasteiger partial charge is 0.314 e. The highest BCUT2D eigenvalue weighted by atomic mass is 19.1. The second-order valence-corrected chi connectivity index (χ2v) is 6.81. The van der Waals surface area contributed by atoms with Crippen LogP contribution in [0.15, 0.2) is 54.6 Å². The van der Waals surface area contributed by atoms with Crippen LogP contribution in [0.2, 0.25) is 0 Å². The topological polar surface area (TPSA) is 26.8 Å². The van der Waals surface area contributed by atoms with Gasteiger partial charge in [-0.05, 0) is 25.1 Å². The molecule has 1 unspecified atom stereocenters. The van der Waals surface area contributed by atoms with Gasteiger partial charge in [0.05, 0.1) is 6.04 Å². The van der Waals surface area contributed by atoms with Crippen LogP contribution in [-0.4, -0.2) is 55.0 Å². The van der Waals surface area contributed by atoms with E-state index in [0.717, 1.165) is 37.4 Å². The van der Waals surface area contributed by atoms with Crippen molar-refractivity contribution in [1.82, 2.24) is 9.80 Å². The monoisotopic (exact) mass is 355 g/mol. The van der Waals surface area contributed by atoms with E-state index in [1.807, 2.05) is 56.4 Å². The predicted octanol–water partition coefficient (Wildman–Crippen LogP) is 2.99. The van der Waals surface area contributed by atoms with Gasteiger partial charge in [0.1, 0.15) is 5.82 Å². The zero-order valence-corrected chi connectivity index (χ0v) is 15.4. The Hall–Kier alpha value is -2.24. The van der Waals surface area contributed by atoms with E-state index in [0.29, 0.717) is 6.54 Å². The number of nitrogens with zero attached hydrogens (tertiary/aromatic N) is 3. The molecule has 5 heteroatoms. The maximum absolute atomic E-state index is 13.8. The molecule has 4 nitrogen and oxygen atoms in total.